The van der Waals surface area contributed by atoms with Crippen molar-refractivity contribution >= 4 is 45.7 Å². The molecule has 2 rings (SSSR count). The van der Waals surface area contributed by atoms with Crippen molar-refractivity contribution in [1.82, 2.24) is 4.98 Å². The molecule has 1 aromatic carbocycles. The van der Waals surface area contributed by atoms with Crippen LogP contribution < -0.4 is 4.74 Å². The van der Waals surface area contributed by atoms with Gasteiger partial charge in [-0.05, 0) is 12.1 Å². The molecule has 0 N–H and O–H groups in total. The summed E-state index contributed by atoms with van der Waals surface area (Å²) in [6.45, 7) is 0. The first-order chi connectivity index (χ1) is 7.52. The molecular weight excluding hydrogens is 268 g/mol. The molecule has 5 heteroatoms. The van der Waals surface area contributed by atoms with Crippen molar-refractivity contribution in [3.8, 4) is 5.75 Å². The van der Waals surface area contributed by atoms with E-state index in [0.717, 1.165) is 10.9 Å². The van der Waals surface area contributed by atoms with Crippen LogP contribution in [0, 0.1) is 0 Å². The van der Waals surface area contributed by atoms with Gasteiger partial charge in [0.15, 0.2) is 0 Å². The third-order valence-corrected chi connectivity index (χ3v) is 2.77. The molecule has 0 spiro atoms. The monoisotopic (exact) mass is 275 g/mol. The van der Waals surface area contributed by atoms with E-state index in [4.69, 9.17) is 39.5 Å². The number of rotatable bonds is 1. The summed E-state index contributed by atoms with van der Waals surface area (Å²) in [6, 6.07) is 9.16. The lowest BCUT2D eigenvalue weighted by Gasteiger charge is -2.13. The van der Waals surface area contributed by atoms with Gasteiger partial charge in [0, 0.05) is 11.5 Å². The Morgan fingerprint density at radius 1 is 1.19 bits per heavy atom. The third kappa shape index (κ3) is 2.19. The second kappa shape index (κ2) is 4.28. The van der Waals surface area contributed by atoms with Gasteiger partial charge in [-0.15, -0.1) is 0 Å². The molecular formula is C11H8Cl3NO. The zero-order chi connectivity index (χ0) is 11.8. The topological polar surface area (TPSA) is 22.1 Å². The number of pyridine rings is 1. The zero-order valence-electron chi connectivity index (χ0n) is 8.38. The molecule has 0 radical (unpaired) electrons. The maximum absolute atomic E-state index is 5.80. The highest BCUT2D eigenvalue weighted by molar-refractivity contribution is 6.66. The highest BCUT2D eigenvalue weighted by atomic mass is 35.6. The summed E-state index contributed by atoms with van der Waals surface area (Å²) < 4.78 is 3.70. The number of para-hydroxylation sites is 1. The largest absolute Gasteiger partial charge is 0.496 e. The van der Waals surface area contributed by atoms with E-state index in [2.05, 4.69) is 4.98 Å². The molecule has 0 atom stereocenters. The normalized spacial score (nSPS) is 11.8. The van der Waals surface area contributed by atoms with E-state index in [1.54, 1.807) is 13.2 Å². The summed E-state index contributed by atoms with van der Waals surface area (Å²) >= 11 is 17.4. The first-order valence-electron chi connectivity index (χ1n) is 4.53. The molecule has 0 bridgehead atoms. The van der Waals surface area contributed by atoms with Gasteiger partial charge < -0.3 is 4.74 Å². The van der Waals surface area contributed by atoms with Crippen LogP contribution in [0.25, 0.3) is 10.9 Å². The molecule has 0 aliphatic heterocycles. The van der Waals surface area contributed by atoms with Crippen molar-refractivity contribution in [2.24, 2.45) is 0 Å². The van der Waals surface area contributed by atoms with Crippen molar-refractivity contribution in [2.75, 3.05) is 7.11 Å². The lowest BCUT2D eigenvalue weighted by atomic mass is 10.2. The maximum Gasteiger partial charge on any atom is 0.232 e. The van der Waals surface area contributed by atoms with Gasteiger partial charge in [-0.1, -0.05) is 46.9 Å². The summed E-state index contributed by atoms with van der Waals surface area (Å²) in [5.74, 6) is 0.645. The molecule has 16 heavy (non-hydrogen) atoms. The lowest BCUT2D eigenvalue weighted by Crippen LogP contribution is -2.04. The van der Waals surface area contributed by atoms with Crippen molar-refractivity contribution < 1.29 is 4.74 Å². The predicted octanol–water partition coefficient (Wildman–Crippen LogP) is 4.07. The SMILES string of the molecule is COc1cc(C(Cl)(Cl)Cl)nc2ccccc12. The molecule has 0 saturated carbocycles. The Kier molecular flexibility index (Phi) is 3.15. The Labute approximate surface area is 108 Å². The van der Waals surface area contributed by atoms with Gasteiger partial charge in [-0.3, -0.25) is 0 Å². The van der Waals surface area contributed by atoms with Crippen molar-refractivity contribution in [2.45, 2.75) is 3.79 Å². The number of ether oxygens (including phenoxy) is 1. The number of hydrogen-bond acceptors (Lipinski definition) is 2. The van der Waals surface area contributed by atoms with Crippen molar-refractivity contribution in [1.29, 1.82) is 0 Å². The Balaban J connectivity index is 2.73. The van der Waals surface area contributed by atoms with Crippen molar-refractivity contribution in [3.05, 3.63) is 36.0 Å². The molecule has 0 fully saturated rings. The first-order valence-corrected chi connectivity index (χ1v) is 5.67. The van der Waals surface area contributed by atoms with Gasteiger partial charge in [0.25, 0.3) is 0 Å². The van der Waals surface area contributed by atoms with Crippen LogP contribution >= 0.6 is 34.8 Å². The second-order valence-electron chi connectivity index (χ2n) is 3.22. The van der Waals surface area contributed by atoms with Gasteiger partial charge >= 0.3 is 0 Å². The van der Waals surface area contributed by atoms with Crippen LogP contribution in [-0.2, 0) is 3.79 Å². The van der Waals surface area contributed by atoms with E-state index in [-0.39, 0.29) is 0 Å². The van der Waals surface area contributed by atoms with Crippen LogP contribution in [0.5, 0.6) is 5.75 Å². The highest BCUT2D eigenvalue weighted by Gasteiger charge is 2.26. The smallest absolute Gasteiger partial charge is 0.232 e. The number of aromatic nitrogens is 1. The number of alkyl halides is 3. The first kappa shape index (κ1) is 11.8. The van der Waals surface area contributed by atoms with Crippen LogP contribution in [0.4, 0.5) is 0 Å². The Morgan fingerprint density at radius 2 is 1.88 bits per heavy atom. The van der Waals surface area contributed by atoms with Crippen LogP contribution in [0.2, 0.25) is 0 Å². The number of hydrogen-bond donors (Lipinski definition) is 0. The van der Waals surface area contributed by atoms with E-state index >= 15 is 0 Å². The fourth-order valence-corrected chi connectivity index (χ4v) is 1.75. The molecule has 0 aliphatic rings. The number of nitrogens with zero attached hydrogens (tertiary/aromatic N) is 1. The molecule has 0 aliphatic carbocycles. The standard InChI is InChI=1S/C11H8Cl3NO/c1-16-9-6-10(11(12,13)14)15-8-5-3-2-4-7(8)9/h2-6H,1H3. The molecule has 0 saturated heterocycles. The number of halogens is 3. The van der Waals surface area contributed by atoms with Gasteiger partial charge in [0.2, 0.25) is 3.79 Å². The minimum atomic E-state index is -1.54. The van der Waals surface area contributed by atoms with Crippen LogP contribution in [0.3, 0.4) is 0 Å². The Hall–Kier alpha value is -0.700. The maximum atomic E-state index is 5.80. The minimum Gasteiger partial charge on any atom is -0.496 e. The van der Waals surface area contributed by atoms with Crippen LogP contribution in [0.15, 0.2) is 30.3 Å². The fraction of sp³-hybridized carbons (Fsp3) is 0.182. The van der Waals surface area contributed by atoms with Crippen LogP contribution in [0.1, 0.15) is 5.69 Å². The molecule has 1 aromatic heterocycles. The van der Waals surface area contributed by atoms with E-state index in [1.165, 1.54) is 0 Å². The summed E-state index contributed by atoms with van der Waals surface area (Å²) in [5, 5.41) is 0.892. The summed E-state index contributed by atoms with van der Waals surface area (Å²) in [4.78, 5) is 4.28. The van der Waals surface area contributed by atoms with E-state index in [9.17, 15) is 0 Å². The van der Waals surface area contributed by atoms with Gasteiger partial charge in [0.1, 0.15) is 5.75 Å². The molecule has 2 aromatic rings. The molecule has 2 nitrogen and oxygen atoms in total. The Morgan fingerprint density at radius 3 is 2.50 bits per heavy atom. The summed E-state index contributed by atoms with van der Waals surface area (Å²) in [5.41, 5.74) is 1.09. The third-order valence-electron chi connectivity index (χ3n) is 2.19. The lowest BCUT2D eigenvalue weighted by molar-refractivity contribution is 0.419. The van der Waals surface area contributed by atoms with Crippen molar-refractivity contribution in [3.63, 3.8) is 0 Å². The van der Waals surface area contributed by atoms with Crippen LogP contribution in [-0.4, -0.2) is 12.1 Å². The number of benzene rings is 1. The predicted molar refractivity (Wildman–Crippen MR) is 67.5 cm³/mol. The fourth-order valence-electron chi connectivity index (χ4n) is 1.46. The molecule has 1 heterocycles. The second-order valence-corrected chi connectivity index (χ2v) is 5.51. The summed E-state index contributed by atoms with van der Waals surface area (Å²) in [6.07, 6.45) is 0. The minimum absolute atomic E-state index is 0.355. The summed E-state index contributed by atoms with van der Waals surface area (Å²) in [7, 11) is 1.57. The quantitative estimate of drug-likeness (QED) is 0.733. The van der Waals surface area contributed by atoms with Gasteiger partial charge in [-0.2, -0.15) is 0 Å². The molecule has 0 unspecified atom stereocenters. The zero-order valence-corrected chi connectivity index (χ0v) is 10.6. The van der Waals surface area contributed by atoms with Gasteiger partial charge in [0.05, 0.1) is 18.3 Å². The van der Waals surface area contributed by atoms with E-state index in [0.29, 0.717) is 11.4 Å². The average molecular weight is 277 g/mol. The average Bonchev–Trinajstić information content (AvgIpc) is 2.26. The van der Waals surface area contributed by atoms with E-state index in [1.807, 2.05) is 24.3 Å². The number of methoxy groups -OCH3 is 1. The van der Waals surface area contributed by atoms with Gasteiger partial charge in [-0.25, -0.2) is 4.98 Å². The highest BCUT2D eigenvalue weighted by Crippen LogP contribution is 2.39. The number of fused-ring (bicyclic) bond motifs is 1. The molecule has 84 valence electrons. The Bertz CT molecular complexity index is 522. The van der Waals surface area contributed by atoms with E-state index < -0.39 is 3.79 Å². The molecule has 0 amide bonds.